The van der Waals surface area contributed by atoms with Gasteiger partial charge in [0.2, 0.25) is 0 Å². The quantitative estimate of drug-likeness (QED) is 0.500. The van der Waals surface area contributed by atoms with Gasteiger partial charge in [-0.25, -0.2) is 9.78 Å². The van der Waals surface area contributed by atoms with Crippen LogP contribution in [0.5, 0.6) is 0 Å². The van der Waals surface area contributed by atoms with Crippen LogP contribution in [-0.4, -0.2) is 23.5 Å². The second-order valence-electron chi connectivity index (χ2n) is 6.01. The number of fused-ring (bicyclic) bond motifs is 1. The van der Waals surface area contributed by atoms with Gasteiger partial charge >= 0.3 is 5.97 Å². The summed E-state index contributed by atoms with van der Waals surface area (Å²) >= 11 is 1.33. The van der Waals surface area contributed by atoms with Gasteiger partial charge in [-0.15, -0.1) is 0 Å². The number of nitrogens with one attached hydrogen (secondary N) is 1. The Kier molecular flexibility index (Phi) is 5.63. The molecule has 6 heteroatoms. The number of aryl methyl sites for hydroxylation is 1. The van der Waals surface area contributed by atoms with E-state index >= 15 is 0 Å². The van der Waals surface area contributed by atoms with E-state index in [9.17, 15) is 9.59 Å². The molecule has 0 unspecified atom stereocenters. The van der Waals surface area contributed by atoms with E-state index in [-0.39, 0.29) is 11.9 Å². The van der Waals surface area contributed by atoms with Crippen LogP contribution < -0.4 is 5.32 Å². The van der Waals surface area contributed by atoms with Gasteiger partial charge in [0.15, 0.2) is 5.13 Å². The van der Waals surface area contributed by atoms with Crippen LogP contribution >= 0.6 is 11.3 Å². The van der Waals surface area contributed by atoms with Crippen molar-refractivity contribution in [2.75, 3.05) is 11.9 Å². The molecule has 2 aromatic carbocycles. The maximum absolute atomic E-state index is 12.3. The van der Waals surface area contributed by atoms with Gasteiger partial charge < -0.3 is 4.74 Å². The van der Waals surface area contributed by atoms with E-state index < -0.39 is 0 Å². The summed E-state index contributed by atoms with van der Waals surface area (Å²) in [6.45, 7) is 4.41. The minimum atomic E-state index is -0.334. The number of nitrogens with zero attached hydrogens (tertiary/aromatic N) is 1. The molecule has 1 amide bonds. The second-order valence-corrected chi connectivity index (χ2v) is 7.05. The molecular formula is C20H20N2O3S. The van der Waals surface area contributed by atoms with Crippen molar-refractivity contribution in [3.63, 3.8) is 0 Å². The number of carbonyl (C=O) groups is 2. The third-order valence-electron chi connectivity index (χ3n) is 3.86. The zero-order valence-corrected chi connectivity index (χ0v) is 15.6. The molecular weight excluding hydrogens is 348 g/mol. The molecule has 0 saturated heterocycles. The Morgan fingerprint density at radius 3 is 2.77 bits per heavy atom. The number of ether oxygens (including phenoxy) is 1. The largest absolute Gasteiger partial charge is 0.462 e. The van der Waals surface area contributed by atoms with Crippen molar-refractivity contribution >= 4 is 38.6 Å². The SMILES string of the molecule is CCCCOC(=O)c1ccc2nc(NC(=O)c3cccc(C)c3)sc2c1. The van der Waals surface area contributed by atoms with Crippen LogP contribution in [-0.2, 0) is 4.74 Å². The van der Waals surface area contributed by atoms with Crippen molar-refractivity contribution < 1.29 is 14.3 Å². The molecule has 134 valence electrons. The van der Waals surface area contributed by atoms with E-state index in [0.29, 0.717) is 22.9 Å². The van der Waals surface area contributed by atoms with Crippen molar-refractivity contribution in [3.8, 4) is 0 Å². The van der Waals surface area contributed by atoms with Crippen molar-refractivity contribution in [2.45, 2.75) is 26.7 Å². The highest BCUT2D eigenvalue weighted by Crippen LogP contribution is 2.27. The zero-order chi connectivity index (χ0) is 18.5. The van der Waals surface area contributed by atoms with Gasteiger partial charge in [0.1, 0.15) is 0 Å². The molecule has 0 aliphatic rings. The summed E-state index contributed by atoms with van der Waals surface area (Å²) in [6, 6.07) is 12.6. The number of esters is 1. The summed E-state index contributed by atoms with van der Waals surface area (Å²) in [5, 5.41) is 3.32. The molecule has 0 bridgehead atoms. The highest BCUT2D eigenvalue weighted by atomic mass is 32.1. The highest BCUT2D eigenvalue weighted by molar-refractivity contribution is 7.22. The third kappa shape index (κ3) is 4.26. The fourth-order valence-corrected chi connectivity index (χ4v) is 3.35. The predicted octanol–water partition coefficient (Wildman–Crippen LogP) is 4.81. The molecule has 0 radical (unpaired) electrons. The van der Waals surface area contributed by atoms with Gasteiger partial charge in [-0.05, 0) is 43.7 Å². The number of aromatic nitrogens is 1. The monoisotopic (exact) mass is 368 g/mol. The maximum Gasteiger partial charge on any atom is 0.338 e. The molecule has 0 saturated carbocycles. The fraction of sp³-hybridized carbons (Fsp3) is 0.250. The molecule has 0 spiro atoms. The number of rotatable bonds is 6. The number of hydrogen-bond donors (Lipinski definition) is 1. The molecule has 1 heterocycles. The lowest BCUT2D eigenvalue weighted by atomic mass is 10.1. The molecule has 0 atom stereocenters. The van der Waals surface area contributed by atoms with E-state index in [0.717, 1.165) is 28.6 Å². The van der Waals surface area contributed by atoms with Gasteiger partial charge in [0.05, 0.1) is 22.4 Å². The molecule has 3 aromatic rings. The summed E-state index contributed by atoms with van der Waals surface area (Å²) in [5.74, 6) is -0.536. The van der Waals surface area contributed by atoms with Crippen LogP contribution in [0, 0.1) is 6.92 Å². The number of carbonyl (C=O) groups excluding carboxylic acids is 2. The van der Waals surface area contributed by atoms with Gasteiger partial charge in [-0.3, -0.25) is 10.1 Å². The average Bonchev–Trinajstić information content (AvgIpc) is 3.03. The molecule has 1 aromatic heterocycles. The van der Waals surface area contributed by atoms with Crippen LogP contribution in [0.15, 0.2) is 42.5 Å². The Morgan fingerprint density at radius 2 is 2.00 bits per heavy atom. The van der Waals surface area contributed by atoms with Crippen LogP contribution in [0.3, 0.4) is 0 Å². The summed E-state index contributed by atoms with van der Waals surface area (Å²) in [5.41, 5.74) is 2.84. The maximum atomic E-state index is 12.3. The number of hydrogen-bond acceptors (Lipinski definition) is 5. The number of anilines is 1. The Balaban J connectivity index is 1.74. The third-order valence-corrected chi connectivity index (χ3v) is 4.79. The Bertz CT molecular complexity index is 949. The first-order valence-electron chi connectivity index (χ1n) is 8.52. The van der Waals surface area contributed by atoms with E-state index in [4.69, 9.17) is 4.74 Å². The van der Waals surface area contributed by atoms with Gasteiger partial charge in [0.25, 0.3) is 5.91 Å². The predicted molar refractivity (Wildman–Crippen MR) is 104 cm³/mol. The Hall–Kier alpha value is -2.73. The van der Waals surface area contributed by atoms with E-state index in [1.54, 1.807) is 24.3 Å². The first-order chi connectivity index (χ1) is 12.6. The summed E-state index contributed by atoms with van der Waals surface area (Å²) in [7, 11) is 0. The smallest absolute Gasteiger partial charge is 0.338 e. The van der Waals surface area contributed by atoms with Crippen LogP contribution in [0.2, 0.25) is 0 Å². The number of benzene rings is 2. The standard InChI is InChI=1S/C20H20N2O3S/c1-3-4-10-25-19(24)15-8-9-16-17(12-15)26-20(21-16)22-18(23)14-7-5-6-13(2)11-14/h5-9,11-12H,3-4,10H2,1-2H3,(H,21,22,23). The van der Waals surface area contributed by atoms with Gasteiger partial charge in [0, 0.05) is 5.56 Å². The van der Waals surface area contributed by atoms with Crippen LogP contribution in [0.4, 0.5) is 5.13 Å². The lowest BCUT2D eigenvalue weighted by Crippen LogP contribution is -2.11. The molecule has 26 heavy (non-hydrogen) atoms. The lowest BCUT2D eigenvalue weighted by Gasteiger charge is -2.03. The molecule has 0 aliphatic heterocycles. The van der Waals surface area contributed by atoms with Gasteiger partial charge in [-0.2, -0.15) is 0 Å². The lowest BCUT2D eigenvalue weighted by molar-refractivity contribution is 0.0500. The molecule has 0 aliphatic carbocycles. The fourth-order valence-electron chi connectivity index (χ4n) is 2.45. The van der Waals surface area contributed by atoms with Crippen molar-refractivity contribution in [1.29, 1.82) is 0 Å². The number of thiazole rings is 1. The highest BCUT2D eigenvalue weighted by Gasteiger charge is 2.13. The van der Waals surface area contributed by atoms with Crippen molar-refractivity contribution in [3.05, 3.63) is 59.2 Å². The normalized spacial score (nSPS) is 10.7. The topological polar surface area (TPSA) is 68.3 Å². The molecule has 3 rings (SSSR count). The molecule has 5 nitrogen and oxygen atoms in total. The van der Waals surface area contributed by atoms with Crippen molar-refractivity contribution in [1.82, 2.24) is 4.98 Å². The number of unbranched alkanes of at least 4 members (excludes halogenated alkanes) is 1. The minimum Gasteiger partial charge on any atom is -0.462 e. The Labute approximate surface area is 156 Å². The summed E-state index contributed by atoms with van der Waals surface area (Å²) < 4.78 is 6.06. The van der Waals surface area contributed by atoms with E-state index in [1.165, 1.54) is 11.3 Å². The van der Waals surface area contributed by atoms with Crippen molar-refractivity contribution in [2.24, 2.45) is 0 Å². The second kappa shape index (κ2) is 8.10. The van der Waals surface area contributed by atoms with E-state index in [2.05, 4.69) is 10.3 Å². The first-order valence-corrected chi connectivity index (χ1v) is 9.34. The zero-order valence-electron chi connectivity index (χ0n) is 14.7. The molecule has 1 N–H and O–H groups in total. The first kappa shape index (κ1) is 18.1. The summed E-state index contributed by atoms with van der Waals surface area (Å²) in [4.78, 5) is 28.8. The average molecular weight is 368 g/mol. The van der Waals surface area contributed by atoms with Crippen LogP contribution in [0.25, 0.3) is 10.2 Å². The van der Waals surface area contributed by atoms with E-state index in [1.807, 2.05) is 32.0 Å². The Morgan fingerprint density at radius 1 is 1.15 bits per heavy atom. The minimum absolute atomic E-state index is 0.202. The number of amides is 1. The van der Waals surface area contributed by atoms with Gasteiger partial charge in [-0.1, -0.05) is 42.4 Å². The van der Waals surface area contributed by atoms with Crippen LogP contribution in [0.1, 0.15) is 46.0 Å². The molecule has 0 fully saturated rings. The summed E-state index contributed by atoms with van der Waals surface area (Å²) in [6.07, 6.45) is 1.83.